The Balaban J connectivity index is 4.35. The molecular weight excluding hydrogens is 212 g/mol. The summed E-state index contributed by atoms with van der Waals surface area (Å²) in [6, 6.07) is -0.00959. The molecule has 0 fully saturated rings. The number of carbonyl (C=O) groups is 3. The molecule has 0 aromatic rings. The van der Waals surface area contributed by atoms with Gasteiger partial charge in [-0.3, -0.25) is 19.8 Å². The summed E-state index contributed by atoms with van der Waals surface area (Å²) in [6.07, 6.45) is 0. The maximum absolute atomic E-state index is 11.4. The minimum Gasteiger partial charge on any atom is -0.352 e. The van der Waals surface area contributed by atoms with E-state index in [1.54, 1.807) is 12.3 Å². The van der Waals surface area contributed by atoms with Crippen molar-refractivity contribution in [1.82, 2.24) is 15.6 Å². The lowest BCUT2D eigenvalue weighted by molar-refractivity contribution is -0.147. The number of nitrogens with zero attached hydrogens (tertiary/aromatic N) is 1. The van der Waals surface area contributed by atoms with Gasteiger partial charge < -0.3 is 10.2 Å². The van der Waals surface area contributed by atoms with Crippen LogP contribution in [0.15, 0.2) is 0 Å². The van der Waals surface area contributed by atoms with Crippen molar-refractivity contribution < 1.29 is 14.4 Å². The number of likely N-dealkylation sites (N-methyl/N-ethyl adjacent to an activating group) is 1. The van der Waals surface area contributed by atoms with E-state index in [0.717, 1.165) is 4.90 Å². The molecule has 3 amide bonds. The summed E-state index contributed by atoms with van der Waals surface area (Å²) < 4.78 is 0. The van der Waals surface area contributed by atoms with Crippen LogP contribution in [-0.2, 0) is 14.4 Å². The van der Waals surface area contributed by atoms with Gasteiger partial charge in [0.25, 0.3) is 0 Å². The first-order valence-corrected chi connectivity index (χ1v) is 5.01. The molecule has 0 unspecified atom stereocenters. The average molecular weight is 230 g/mol. The van der Waals surface area contributed by atoms with Crippen LogP contribution in [0.25, 0.3) is 0 Å². The summed E-state index contributed by atoms with van der Waals surface area (Å²) in [5.74, 6) is 2.77. The predicted molar refractivity (Wildman–Crippen MR) is 57.9 cm³/mol. The van der Waals surface area contributed by atoms with E-state index in [-0.39, 0.29) is 25.0 Å². The van der Waals surface area contributed by atoms with E-state index in [2.05, 4.69) is 5.32 Å². The Morgan fingerprint density at radius 3 is 2.25 bits per heavy atom. The smallest absolute Gasteiger partial charge is 0.323 e. The zero-order valence-electron chi connectivity index (χ0n) is 9.74. The Bertz CT molecular complexity index is 278. The van der Waals surface area contributed by atoms with E-state index in [9.17, 15) is 14.4 Å². The van der Waals surface area contributed by atoms with Crippen molar-refractivity contribution in [2.45, 2.75) is 26.8 Å². The first kappa shape index (κ1) is 14.4. The number of hydrogen-bond donors (Lipinski definition) is 3. The number of amides is 3. The summed E-state index contributed by atoms with van der Waals surface area (Å²) in [5, 5.41) is 2.62. The van der Waals surface area contributed by atoms with Gasteiger partial charge >= 0.3 is 11.8 Å². The molecular formula is C9H18N4O3. The lowest BCUT2D eigenvalue weighted by Crippen LogP contribution is -2.49. The summed E-state index contributed by atoms with van der Waals surface area (Å²) in [5.41, 5.74) is 1.73. The molecule has 0 radical (unpaired) electrons. The molecule has 0 saturated carbocycles. The third kappa shape index (κ3) is 4.74. The summed E-state index contributed by atoms with van der Waals surface area (Å²) in [6.45, 7) is 5.40. The van der Waals surface area contributed by atoms with Gasteiger partial charge in [-0.1, -0.05) is 0 Å². The number of nitrogens with one attached hydrogen (secondary N) is 2. The molecule has 0 aliphatic rings. The molecule has 16 heavy (non-hydrogen) atoms. The molecule has 0 aliphatic carbocycles. The van der Waals surface area contributed by atoms with Gasteiger partial charge in [-0.05, 0) is 20.8 Å². The molecule has 4 N–H and O–H groups in total. The molecule has 0 aliphatic heterocycles. The van der Waals surface area contributed by atoms with Gasteiger partial charge in [-0.15, -0.1) is 0 Å². The second-order valence-electron chi connectivity index (χ2n) is 3.52. The third-order valence-corrected chi connectivity index (χ3v) is 1.78. The Kier molecular flexibility index (Phi) is 6.09. The van der Waals surface area contributed by atoms with Crippen LogP contribution in [0.4, 0.5) is 0 Å². The monoisotopic (exact) mass is 230 g/mol. The highest BCUT2D eigenvalue weighted by atomic mass is 16.2. The maximum Gasteiger partial charge on any atom is 0.323 e. The molecule has 7 nitrogen and oxygen atoms in total. The standard InChI is InChI=1S/C9H18N4O3/c1-4-13(9(16)8(15)12-10)5-7(14)11-6(2)3/h6H,4-5,10H2,1-3H3,(H,11,14)(H,12,15). The second kappa shape index (κ2) is 6.78. The Labute approximate surface area is 94.3 Å². The maximum atomic E-state index is 11.4. The minimum atomic E-state index is -0.931. The lowest BCUT2D eigenvalue weighted by Gasteiger charge is -2.19. The number of rotatable bonds is 4. The summed E-state index contributed by atoms with van der Waals surface area (Å²) in [7, 11) is 0. The van der Waals surface area contributed by atoms with Crippen LogP contribution < -0.4 is 16.6 Å². The van der Waals surface area contributed by atoms with Crippen molar-refractivity contribution in [2.24, 2.45) is 5.84 Å². The zero-order chi connectivity index (χ0) is 12.7. The van der Waals surface area contributed by atoms with Crippen LogP contribution >= 0.6 is 0 Å². The summed E-state index contributed by atoms with van der Waals surface area (Å²) in [4.78, 5) is 34.8. The summed E-state index contributed by atoms with van der Waals surface area (Å²) >= 11 is 0. The molecule has 0 saturated heterocycles. The number of carbonyl (C=O) groups excluding carboxylic acids is 3. The number of hydrogen-bond acceptors (Lipinski definition) is 4. The van der Waals surface area contributed by atoms with Gasteiger partial charge in [0.15, 0.2) is 0 Å². The minimum absolute atomic E-state index is 0.00959. The van der Waals surface area contributed by atoms with E-state index in [1.165, 1.54) is 0 Å². The highest BCUT2D eigenvalue weighted by molar-refractivity contribution is 6.35. The van der Waals surface area contributed by atoms with Crippen molar-refractivity contribution in [3.05, 3.63) is 0 Å². The molecule has 0 atom stereocenters. The molecule has 0 aromatic heterocycles. The van der Waals surface area contributed by atoms with Crippen LogP contribution in [0.1, 0.15) is 20.8 Å². The molecule has 0 bridgehead atoms. The van der Waals surface area contributed by atoms with Crippen molar-refractivity contribution >= 4 is 17.7 Å². The van der Waals surface area contributed by atoms with E-state index in [1.807, 2.05) is 13.8 Å². The number of hydrazine groups is 1. The van der Waals surface area contributed by atoms with Crippen LogP contribution in [0, 0.1) is 0 Å². The fourth-order valence-electron chi connectivity index (χ4n) is 1.07. The average Bonchev–Trinajstić information content (AvgIpc) is 2.22. The van der Waals surface area contributed by atoms with Gasteiger partial charge in [0.2, 0.25) is 5.91 Å². The highest BCUT2D eigenvalue weighted by Crippen LogP contribution is 1.90. The van der Waals surface area contributed by atoms with Crippen molar-refractivity contribution in [3.8, 4) is 0 Å². The fourth-order valence-corrected chi connectivity index (χ4v) is 1.07. The fraction of sp³-hybridized carbons (Fsp3) is 0.667. The van der Waals surface area contributed by atoms with Gasteiger partial charge in [0.1, 0.15) is 0 Å². The first-order valence-electron chi connectivity index (χ1n) is 5.01. The van der Waals surface area contributed by atoms with Crippen molar-refractivity contribution in [1.29, 1.82) is 0 Å². The molecule has 0 aromatic carbocycles. The second-order valence-corrected chi connectivity index (χ2v) is 3.52. The van der Waals surface area contributed by atoms with Crippen LogP contribution in [0.5, 0.6) is 0 Å². The Hall–Kier alpha value is -1.63. The van der Waals surface area contributed by atoms with Crippen molar-refractivity contribution in [3.63, 3.8) is 0 Å². The van der Waals surface area contributed by atoms with E-state index in [4.69, 9.17) is 5.84 Å². The first-order chi connectivity index (χ1) is 7.42. The SMILES string of the molecule is CCN(CC(=O)NC(C)C)C(=O)C(=O)NN. The largest absolute Gasteiger partial charge is 0.352 e. The molecule has 0 rings (SSSR count). The van der Waals surface area contributed by atoms with E-state index < -0.39 is 11.8 Å². The Morgan fingerprint density at radius 2 is 1.88 bits per heavy atom. The molecule has 7 heteroatoms. The Morgan fingerprint density at radius 1 is 1.31 bits per heavy atom. The van der Waals surface area contributed by atoms with E-state index in [0.29, 0.717) is 0 Å². The normalized spacial score (nSPS) is 9.81. The molecule has 0 heterocycles. The van der Waals surface area contributed by atoms with Gasteiger partial charge in [0.05, 0.1) is 6.54 Å². The van der Waals surface area contributed by atoms with Crippen LogP contribution in [0.3, 0.4) is 0 Å². The highest BCUT2D eigenvalue weighted by Gasteiger charge is 2.21. The molecule has 92 valence electrons. The van der Waals surface area contributed by atoms with Crippen LogP contribution in [0.2, 0.25) is 0 Å². The van der Waals surface area contributed by atoms with Crippen LogP contribution in [-0.4, -0.2) is 41.8 Å². The topological polar surface area (TPSA) is 105 Å². The number of nitrogens with two attached hydrogens (primary N) is 1. The lowest BCUT2D eigenvalue weighted by atomic mass is 10.3. The molecule has 0 spiro atoms. The van der Waals surface area contributed by atoms with Gasteiger partial charge in [-0.2, -0.15) is 0 Å². The predicted octanol–water partition coefficient (Wildman–Crippen LogP) is -1.65. The van der Waals surface area contributed by atoms with Crippen molar-refractivity contribution in [2.75, 3.05) is 13.1 Å². The third-order valence-electron chi connectivity index (χ3n) is 1.78. The zero-order valence-corrected chi connectivity index (χ0v) is 9.74. The van der Waals surface area contributed by atoms with Gasteiger partial charge in [-0.25, -0.2) is 5.84 Å². The quantitative estimate of drug-likeness (QED) is 0.233. The van der Waals surface area contributed by atoms with E-state index >= 15 is 0 Å². The van der Waals surface area contributed by atoms with Gasteiger partial charge in [0, 0.05) is 12.6 Å².